The maximum Gasteiger partial charge on any atom is 0.0414 e. The van der Waals surface area contributed by atoms with E-state index in [0.717, 1.165) is 6.54 Å². The standard InChI is InChI=1S/C18H32N2/c1-5-8-14-20(15-9-6-2)18-13-11-10-12-17(18)16(4)19-7-3/h10-13,16,19H,5-9,14-15H2,1-4H3. The lowest BCUT2D eigenvalue weighted by molar-refractivity contribution is 0.592. The van der Waals surface area contributed by atoms with E-state index in [1.165, 1.54) is 50.0 Å². The summed E-state index contributed by atoms with van der Waals surface area (Å²) in [6.45, 7) is 12.3. The third-order valence-electron chi connectivity index (χ3n) is 3.82. The lowest BCUT2D eigenvalue weighted by Crippen LogP contribution is -2.28. The number of unbranched alkanes of at least 4 members (excludes halogenated alkanes) is 2. The molecule has 1 rings (SSSR count). The van der Waals surface area contributed by atoms with Crippen LogP contribution in [0.15, 0.2) is 24.3 Å². The van der Waals surface area contributed by atoms with Crippen LogP contribution in [-0.4, -0.2) is 19.6 Å². The van der Waals surface area contributed by atoms with Gasteiger partial charge in [-0.15, -0.1) is 0 Å². The van der Waals surface area contributed by atoms with Crippen molar-refractivity contribution < 1.29 is 0 Å². The molecule has 0 saturated heterocycles. The molecule has 1 atom stereocenters. The van der Waals surface area contributed by atoms with Gasteiger partial charge >= 0.3 is 0 Å². The molecule has 2 heteroatoms. The Hall–Kier alpha value is -1.02. The molecule has 0 aliphatic heterocycles. The molecule has 1 N–H and O–H groups in total. The fourth-order valence-electron chi connectivity index (χ4n) is 2.61. The number of anilines is 1. The minimum Gasteiger partial charge on any atom is -0.371 e. The second-order valence-corrected chi connectivity index (χ2v) is 5.53. The highest BCUT2D eigenvalue weighted by atomic mass is 15.1. The van der Waals surface area contributed by atoms with Gasteiger partial charge in [0.2, 0.25) is 0 Å². The average Bonchev–Trinajstić information content (AvgIpc) is 2.48. The molecule has 0 heterocycles. The van der Waals surface area contributed by atoms with E-state index in [1.807, 2.05) is 0 Å². The molecule has 20 heavy (non-hydrogen) atoms. The van der Waals surface area contributed by atoms with Gasteiger partial charge in [-0.25, -0.2) is 0 Å². The number of benzene rings is 1. The first-order valence-electron chi connectivity index (χ1n) is 8.31. The third kappa shape index (κ3) is 5.16. The Morgan fingerprint density at radius 3 is 2.15 bits per heavy atom. The summed E-state index contributed by atoms with van der Waals surface area (Å²) in [4.78, 5) is 2.58. The fourth-order valence-corrected chi connectivity index (χ4v) is 2.61. The van der Waals surface area contributed by atoms with Gasteiger partial charge < -0.3 is 10.2 Å². The Morgan fingerprint density at radius 1 is 1.00 bits per heavy atom. The third-order valence-corrected chi connectivity index (χ3v) is 3.82. The van der Waals surface area contributed by atoms with Crippen molar-refractivity contribution in [1.29, 1.82) is 0 Å². The molecule has 114 valence electrons. The number of nitrogens with one attached hydrogen (secondary N) is 1. The molecule has 0 aliphatic carbocycles. The topological polar surface area (TPSA) is 15.3 Å². The Bertz CT molecular complexity index is 354. The van der Waals surface area contributed by atoms with Crippen LogP contribution < -0.4 is 10.2 Å². The van der Waals surface area contributed by atoms with Gasteiger partial charge in [0.05, 0.1) is 0 Å². The van der Waals surface area contributed by atoms with Crippen molar-refractivity contribution >= 4 is 5.69 Å². The lowest BCUT2D eigenvalue weighted by atomic mass is 10.0. The van der Waals surface area contributed by atoms with Gasteiger partial charge in [0.1, 0.15) is 0 Å². The van der Waals surface area contributed by atoms with Crippen LogP contribution in [-0.2, 0) is 0 Å². The average molecular weight is 276 g/mol. The Balaban J connectivity index is 2.92. The first kappa shape index (κ1) is 17.0. The SMILES string of the molecule is CCCCN(CCCC)c1ccccc1C(C)NCC. The van der Waals surface area contributed by atoms with E-state index in [0.29, 0.717) is 6.04 Å². The van der Waals surface area contributed by atoms with Crippen LogP contribution in [0.2, 0.25) is 0 Å². The number of hydrogen-bond donors (Lipinski definition) is 1. The monoisotopic (exact) mass is 276 g/mol. The normalized spacial score (nSPS) is 12.4. The molecule has 1 aromatic carbocycles. The molecule has 0 amide bonds. The Labute approximate surface area is 125 Å². The summed E-state index contributed by atoms with van der Waals surface area (Å²) in [6, 6.07) is 9.30. The lowest BCUT2D eigenvalue weighted by Gasteiger charge is -2.29. The summed E-state index contributed by atoms with van der Waals surface area (Å²) < 4.78 is 0. The van der Waals surface area contributed by atoms with Crippen molar-refractivity contribution in [2.24, 2.45) is 0 Å². The van der Waals surface area contributed by atoms with E-state index in [9.17, 15) is 0 Å². The van der Waals surface area contributed by atoms with E-state index in [-0.39, 0.29) is 0 Å². The van der Waals surface area contributed by atoms with Gasteiger partial charge in [0.25, 0.3) is 0 Å². The molecule has 0 spiro atoms. The van der Waals surface area contributed by atoms with Crippen LogP contribution in [0.4, 0.5) is 5.69 Å². The van der Waals surface area contributed by atoms with Gasteiger partial charge in [-0.05, 0) is 37.9 Å². The van der Waals surface area contributed by atoms with Crippen molar-refractivity contribution in [1.82, 2.24) is 5.32 Å². The Morgan fingerprint density at radius 2 is 1.60 bits per heavy atom. The molecule has 2 nitrogen and oxygen atoms in total. The van der Waals surface area contributed by atoms with Crippen LogP contribution in [0.3, 0.4) is 0 Å². The highest BCUT2D eigenvalue weighted by Gasteiger charge is 2.14. The van der Waals surface area contributed by atoms with Crippen LogP contribution in [0.1, 0.15) is 65.0 Å². The summed E-state index contributed by atoms with van der Waals surface area (Å²) in [5.74, 6) is 0. The van der Waals surface area contributed by atoms with Gasteiger partial charge in [-0.1, -0.05) is 51.8 Å². The van der Waals surface area contributed by atoms with Crippen LogP contribution >= 0.6 is 0 Å². The zero-order valence-corrected chi connectivity index (χ0v) is 13.8. The van der Waals surface area contributed by atoms with Crippen molar-refractivity contribution in [2.45, 2.75) is 59.4 Å². The second kappa shape index (κ2) is 9.82. The minimum absolute atomic E-state index is 0.418. The number of rotatable bonds is 10. The smallest absolute Gasteiger partial charge is 0.0414 e. The number of hydrogen-bond acceptors (Lipinski definition) is 2. The summed E-state index contributed by atoms with van der Waals surface area (Å²) in [5.41, 5.74) is 2.85. The Kier molecular flexibility index (Phi) is 8.36. The van der Waals surface area contributed by atoms with Crippen molar-refractivity contribution in [3.63, 3.8) is 0 Å². The van der Waals surface area contributed by atoms with Gasteiger partial charge in [0.15, 0.2) is 0 Å². The molecule has 0 bridgehead atoms. The first-order chi connectivity index (χ1) is 9.74. The van der Waals surface area contributed by atoms with Crippen LogP contribution in [0.5, 0.6) is 0 Å². The molecule has 0 saturated carbocycles. The maximum absolute atomic E-state index is 3.54. The molecular weight excluding hydrogens is 244 g/mol. The molecular formula is C18H32N2. The molecule has 0 fully saturated rings. The highest BCUT2D eigenvalue weighted by molar-refractivity contribution is 5.55. The molecule has 0 radical (unpaired) electrons. The predicted molar refractivity (Wildman–Crippen MR) is 90.6 cm³/mol. The molecule has 1 unspecified atom stereocenters. The highest BCUT2D eigenvalue weighted by Crippen LogP contribution is 2.27. The van der Waals surface area contributed by atoms with Crippen molar-refractivity contribution in [2.75, 3.05) is 24.5 Å². The van der Waals surface area contributed by atoms with Gasteiger partial charge in [0, 0.05) is 24.8 Å². The van der Waals surface area contributed by atoms with Crippen molar-refractivity contribution in [3.8, 4) is 0 Å². The zero-order chi connectivity index (χ0) is 14.8. The van der Waals surface area contributed by atoms with Crippen LogP contribution in [0.25, 0.3) is 0 Å². The van der Waals surface area contributed by atoms with Crippen molar-refractivity contribution in [3.05, 3.63) is 29.8 Å². The number of para-hydroxylation sites is 1. The molecule has 0 aromatic heterocycles. The van der Waals surface area contributed by atoms with E-state index in [2.05, 4.69) is 62.2 Å². The van der Waals surface area contributed by atoms with E-state index >= 15 is 0 Å². The summed E-state index contributed by atoms with van der Waals surface area (Å²) in [5, 5.41) is 3.54. The largest absolute Gasteiger partial charge is 0.371 e. The predicted octanol–water partition coefficient (Wildman–Crippen LogP) is 4.76. The van der Waals surface area contributed by atoms with E-state index in [1.54, 1.807) is 0 Å². The first-order valence-corrected chi connectivity index (χ1v) is 8.31. The van der Waals surface area contributed by atoms with Gasteiger partial charge in [-0.3, -0.25) is 0 Å². The molecule has 0 aliphatic rings. The summed E-state index contributed by atoms with van der Waals surface area (Å²) in [6.07, 6.45) is 5.06. The second-order valence-electron chi connectivity index (χ2n) is 5.53. The van der Waals surface area contributed by atoms with E-state index < -0.39 is 0 Å². The minimum atomic E-state index is 0.418. The maximum atomic E-state index is 3.54. The zero-order valence-electron chi connectivity index (χ0n) is 13.8. The number of nitrogens with zero attached hydrogens (tertiary/aromatic N) is 1. The molecule has 1 aromatic rings. The fraction of sp³-hybridized carbons (Fsp3) is 0.667. The summed E-state index contributed by atoms with van der Waals surface area (Å²) in [7, 11) is 0. The quantitative estimate of drug-likeness (QED) is 0.662. The van der Waals surface area contributed by atoms with Crippen LogP contribution in [0, 0.1) is 0 Å². The van der Waals surface area contributed by atoms with Gasteiger partial charge in [-0.2, -0.15) is 0 Å². The summed E-state index contributed by atoms with van der Waals surface area (Å²) >= 11 is 0. The van der Waals surface area contributed by atoms with E-state index in [4.69, 9.17) is 0 Å².